The van der Waals surface area contributed by atoms with Crippen LogP contribution in [-0.2, 0) is 13.1 Å². The average Bonchev–Trinajstić information content (AvgIpc) is 3.27. The minimum Gasteiger partial charge on any atom is -0.494 e. The number of methoxy groups -OCH3 is 1. The second-order valence-electron chi connectivity index (χ2n) is 6.55. The predicted molar refractivity (Wildman–Crippen MR) is 112 cm³/mol. The van der Waals surface area contributed by atoms with Crippen molar-refractivity contribution in [1.82, 2.24) is 19.3 Å². The molecular weight excluding hydrogens is 388 g/mol. The molecule has 0 atom stereocenters. The van der Waals surface area contributed by atoms with E-state index in [1.54, 1.807) is 33.5 Å². The zero-order valence-electron chi connectivity index (χ0n) is 17.0. The van der Waals surface area contributed by atoms with Gasteiger partial charge in [-0.05, 0) is 32.0 Å². The second-order valence-corrected chi connectivity index (χ2v) is 6.55. The summed E-state index contributed by atoms with van der Waals surface area (Å²) in [6.45, 7) is 4.45. The van der Waals surface area contributed by atoms with Crippen molar-refractivity contribution in [3.63, 3.8) is 0 Å². The fourth-order valence-corrected chi connectivity index (χ4v) is 3.19. The summed E-state index contributed by atoms with van der Waals surface area (Å²) in [5.41, 5.74) is 7.82. The summed E-state index contributed by atoms with van der Waals surface area (Å²) in [5.74, 6) is -0.327. The van der Waals surface area contributed by atoms with Gasteiger partial charge in [-0.25, -0.2) is 4.98 Å². The van der Waals surface area contributed by atoms with E-state index in [1.807, 2.05) is 13.8 Å². The number of anilines is 1. The molecule has 0 spiro atoms. The number of rotatable bonds is 8. The lowest BCUT2D eigenvalue weighted by Crippen LogP contribution is -2.20. The van der Waals surface area contributed by atoms with E-state index in [0.717, 1.165) is 5.69 Å². The van der Waals surface area contributed by atoms with Gasteiger partial charge >= 0.3 is 0 Å². The molecule has 1 aromatic carbocycles. The first-order valence-electron chi connectivity index (χ1n) is 9.39. The molecule has 0 unspecified atom stereocenters. The van der Waals surface area contributed by atoms with Crippen LogP contribution in [-0.4, -0.2) is 50.0 Å². The number of allylic oxidation sites excluding steroid dienone is 1. The standard InChI is InChI=1S/C20H24N6O4/c1-4-26-15(9-12(2)24-26)19(29)23-20-22-14-10-13(18(21)28)11-16(30-3)17(14)25(20)7-5-6-8-27/h5-6,9-11,27H,4,7-8H2,1-3H3,(H2,21,28)(H,22,23,29)/b6-5+. The maximum Gasteiger partial charge on any atom is 0.276 e. The summed E-state index contributed by atoms with van der Waals surface area (Å²) in [7, 11) is 1.47. The number of nitrogens with one attached hydrogen (secondary N) is 1. The van der Waals surface area contributed by atoms with E-state index in [9.17, 15) is 9.59 Å². The number of carbonyl (C=O) groups is 2. The highest BCUT2D eigenvalue weighted by Crippen LogP contribution is 2.31. The number of aromatic nitrogens is 4. The molecule has 2 heterocycles. The summed E-state index contributed by atoms with van der Waals surface area (Å²) in [6, 6.07) is 4.77. The molecule has 158 valence electrons. The Kier molecular flexibility index (Phi) is 6.17. The van der Waals surface area contributed by atoms with Gasteiger partial charge in [-0.3, -0.25) is 19.6 Å². The van der Waals surface area contributed by atoms with Gasteiger partial charge in [0, 0.05) is 18.7 Å². The molecule has 10 nitrogen and oxygen atoms in total. The number of benzene rings is 1. The average molecular weight is 412 g/mol. The number of ether oxygens (including phenoxy) is 1. The van der Waals surface area contributed by atoms with Crippen LogP contribution in [0.3, 0.4) is 0 Å². The molecule has 0 bridgehead atoms. The Morgan fingerprint density at radius 1 is 1.30 bits per heavy atom. The van der Waals surface area contributed by atoms with Crippen LogP contribution in [0.4, 0.5) is 5.95 Å². The number of hydrogen-bond acceptors (Lipinski definition) is 6. The molecule has 0 saturated carbocycles. The lowest BCUT2D eigenvalue weighted by molar-refractivity contribution is 0.0995. The third kappa shape index (κ3) is 4.03. The fourth-order valence-electron chi connectivity index (χ4n) is 3.19. The number of amides is 2. The van der Waals surface area contributed by atoms with E-state index < -0.39 is 5.91 Å². The van der Waals surface area contributed by atoms with Crippen molar-refractivity contribution in [2.24, 2.45) is 5.73 Å². The quantitative estimate of drug-likeness (QED) is 0.479. The number of nitrogens with two attached hydrogens (primary N) is 1. The van der Waals surface area contributed by atoms with Crippen molar-refractivity contribution in [2.45, 2.75) is 26.9 Å². The van der Waals surface area contributed by atoms with Crippen LogP contribution in [0.15, 0.2) is 30.4 Å². The van der Waals surface area contributed by atoms with Gasteiger partial charge in [0.15, 0.2) is 0 Å². The van der Waals surface area contributed by atoms with Crippen LogP contribution >= 0.6 is 0 Å². The maximum atomic E-state index is 12.9. The van der Waals surface area contributed by atoms with Crippen molar-refractivity contribution in [3.05, 3.63) is 47.3 Å². The Balaban J connectivity index is 2.11. The SMILES string of the molecule is CCn1nc(C)cc1C(=O)Nc1nc2cc(C(N)=O)cc(OC)c2n1C/C=C/CO. The summed E-state index contributed by atoms with van der Waals surface area (Å²) >= 11 is 0. The molecule has 4 N–H and O–H groups in total. The van der Waals surface area contributed by atoms with Gasteiger partial charge in [0.05, 0.1) is 24.9 Å². The Morgan fingerprint density at radius 2 is 2.07 bits per heavy atom. The molecule has 3 aromatic rings. The van der Waals surface area contributed by atoms with Crippen molar-refractivity contribution >= 4 is 28.8 Å². The summed E-state index contributed by atoms with van der Waals surface area (Å²) < 4.78 is 8.77. The second kappa shape index (κ2) is 8.78. The van der Waals surface area contributed by atoms with Gasteiger partial charge in [-0.1, -0.05) is 12.2 Å². The Morgan fingerprint density at radius 3 is 2.70 bits per heavy atom. The first-order chi connectivity index (χ1) is 14.4. The zero-order chi connectivity index (χ0) is 21.8. The monoisotopic (exact) mass is 412 g/mol. The van der Waals surface area contributed by atoms with Gasteiger partial charge in [-0.15, -0.1) is 0 Å². The topological polar surface area (TPSA) is 137 Å². The third-order valence-corrected chi connectivity index (χ3v) is 4.53. The Hall–Kier alpha value is -3.66. The summed E-state index contributed by atoms with van der Waals surface area (Å²) in [6.07, 6.45) is 3.32. The molecule has 0 aliphatic heterocycles. The molecule has 0 aliphatic carbocycles. The Bertz CT molecular complexity index is 1130. The zero-order valence-corrected chi connectivity index (χ0v) is 17.0. The van der Waals surface area contributed by atoms with Crippen LogP contribution in [0.2, 0.25) is 0 Å². The van der Waals surface area contributed by atoms with Crippen molar-refractivity contribution in [2.75, 3.05) is 19.0 Å². The van der Waals surface area contributed by atoms with E-state index in [2.05, 4.69) is 15.4 Å². The number of aliphatic hydroxyl groups excluding tert-OH is 1. The molecule has 0 radical (unpaired) electrons. The molecule has 3 rings (SSSR count). The normalized spacial score (nSPS) is 11.3. The predicted octanol–water partition coefficient (Wildman–Crippen LogP) is 1.47. The van der Waals surface area contributed by atoms with Gasteiger partial charge in [0.25, 0.3) is 5.91 Å². The number of primary amides is 1. The van der Waals surface area contributed by atoms with Gasteiger partial charge < -0.3 is 20.1 Å². The highest BCUT2D eigenvalue weighted by Gasteiger charge is 2.21. The van der Waals surface area contributed by atoms with Crippen LogP contribution in [0, 0.1) is 6.92 Å². The summed E-state index contributed by atoms with van der Waals surface area (Å²) in [5, 5.41) is 16.2. The van der Waals surface area contributed by atoms with E-state index >= 15 is 0 Å². The molecule has 0 fully saturated rings. The highest BCUT2D eigenvalue weighted by atomic mass is 16.5. The third-order valence-electron chi connectivity index (χ3n) is 4.53. The van der Waals surface area contributed by atoms with Gasteiger partial charge in [-0.2, -0.15) is 5.10 Å². The maximum absolute atomic E-state index is 12.9. The van der Waals surface area contributed by atoms with E-state index in [0.29, 0.717) is 35.6 Å². The van der Waals surface area contributed by atoms with E-state index in [4.69, 9.17) is 15.6 Å². The molecule has 2 amide bonds. The fraction of sp³-hybridized carbons (Fsp3) is 0.300. The van der Waals surface area contributed by atoms with Crippen LogP contribution in [0.5, 0.6) is 5.75 Å². The molecule has 2 aromatic heterocycles. The summed E-state index contributed by atoms with van der Waals surface area (Å²) in [4.78, 5) is 29.1. The van der Waals surface area contributed by atoms with Gasteiger partial charge in [0.2, 0.25) is 11.9 Å². The van der Waals surface area contributed by atoms with Crippen LogP contribution in [0.1, 0.15) is 33.5 Å². The number of fused-ring (bicyclic) bond motifs is 1. The lowest BCUT2D eigenvalue weighted by Gasteiger charge is -2.11. The first-order valence-corrected chi connectivity index (χ1v) is 9.39. The number of nitrogens with zero attached hydrogens (tertiary/aromatic N) is 4. The molecule has 30 heavy (non-hydrogen) atoms. The lowest BCUT2D eigenvalue weighted by atomic mass is 10.1. The number of imidazole rings is 1. The van der Waals surface area contributed by atoms with Crippen molar-refractivity contribution in [3.8, 4) is 5.75 Å². The highest BCUT2D eigenvalue weighted by molar-refractivity contribution is 6.04. The minimum atomic E-state index is -0.613. The number of hydrogen-bond donors (Lipinski definition) is 3. The van der Waals surface area contributed by atoms with Crippen LogP contribution < -0.4 is 15.8 Å². The minimum absolute atomic E-state index is 0.119. The van der Waals surface area contributed by atoms with Crippen LogP contribution in [0.25, 0.3) is 11.0 Å². The largest absolute Gasteiger partial charge is 0.494 e. The number of aryl methyl sites for hydroxylation is 2. The number of aliphatic hydroxyl groups is 1. The molecular formula is C20H24N6O4. The van der Waals surface area contributed by atoms with E-state index in [1.165, 1.54) is 13.2 Å². The van der Waals surface area contributed by atoms with E-state index in [-0.39, 0.29) is 24.0 Å². The van der Waals surface area contributed by atoms with Crippen molar-refractivity contribution in [1.29, 1.82) is 0 Å². The smallest absolute Gasteiger partial charge is 0.276 e. The molecule has 0 saturated heterocycles. The van der Waals surface area contributed by atoms with Gasteiger partial charge in [0.1, 0.15) is 17.0 Å². The first kappa shape index (κ1) is 21.1. The molecule has 10 heteroatoms. The number of carbonyl (C=O) groups excluding carboxylic acids is 2. The molecule has 0 aliphatic rings. The Labute approximate surface area is 172 Å². The van der Waals surface area contributed by atoms with Crippen molar-refractivity contribution < 1.29 is 19.4 Å².